The van der Waals surface area contributed by atoms with E-state index in [1.807, 2.05) is 0 Å². The van der Waals surface area contributed by atoms with Crippen LogP contribution in [0.15, 0.2) is 24.3 Å². The van der Waals surface area contributed by atoms with Crippen LogP contribution >= 0.6 is 24.8 Å². The second-order valence-corrected chi connectivity index (χ2v) is 6.74. The zero-order valence-electron chi connectivity index (χ0n) is 15.0. The van der Waals surface area contributed by atoms with Gasteiger partial charge < -0.3 is 10.2 Å². The Balaban J connectivity index is 0.00000144. The lowest BCUT2D eigenvalue weighted by atomic mass is 9.98. The molecule has 1 heterocycles. The van der Waals surface area contributed by atoms with Crippen LogP contribution in [0, 0.1) is 5.92 Å². The molecule has 1 N–H and O–H groups in total. The molecule has 1 saturated carbocycles. The van der Waals surface area contributed by atoms with Gasteiger partial charge in [-0.05, 0) is 43.9 Å². The summed E-state index contributed by atoms with van der Waals surface area (Å²) in [6.07, 6.45) is 4.24. The predicted octanol–water partition coefficient (Wildman–Crippen LogP) is 4.12. The Morgan fingerprint density at radius 2 is 1.62 bits per heavy atom. The molecule has 0 amide bonds. The molecule has 0 radical (unpaired) electrons. The van der Waals surface area contributed by atoms with E-state index in [1.54, 1.807) is 0 Å². The van der Waals surface area contributed by atoms with Gasteiger partial charge in [0.05, 0.1) is 0 Å². The molecule has 0 aromatic heterocycles. The molecule has 3 rings (SSSR count). The molecule has 0 unspecified atom stereocenters. The first-order valence-electron chi connectivity index (χ1n) is 9.11. The van der Waals surface area contributed by atoms with Crippen LogP contribution in [0.4, 0.5) is 5.69 Å². The number of anilines is 1. The summed E-state index contributed by atoms with van der Waals surface area (Å²) in [5.74, 6) is 0.974. The van der Waals surface area contributed by atoms with E-state index in [0.717, 1.165) is 32.1 Å². The molecule has 24 heavy (non-hydrogen) atoms. The number of benzene rings is 1. The molecule has 1 aliphatic carbocycles. The molecule has 1 atom stereocenters. The molecule has 2 fully saturated rings. The largest absolute Gasteiger partial charge is 0.372 e. The van der Waals surface area contributed by atoms with Gasteiger partial charge in [-0.15, -0.1) is 24.8 Å². The fourth-order valence-corrected chi connectivity index (χ4v) is 3.66. The summed E-state index contributed by atoms with van der Waals surface area (Å²) in [4.78, 5) is 5.12. The summed E-state index contributed by atoms with van der Waals surface area (Å²) in [6.45, 7) is 11.3. The lowest BCUT2D eigenvalue weighted by molar-refractivity contribution is 0.160. The van der Waals surface area contributed by atoms with Crippen LogP contribution in [-0.2, 0) is 0 Å². The van der Waals surface area contributed by atoms with E-state index < -0.39 is 0 Å². The van der Waals surface area contributed by atoms with Crippen molar-refractivity contribution in [2.75, 3.05) is 44.2 Å². The third-order valence-corrected chi connectivity index (χ3v) is 5.25. The third-order valence-electron chi connectivity index (χ3n) is 5.25. The summed E-state index contributed by atoms with van der Waals surface area (Å²) in [6, 6.07) is 10.0. The lowest BCUT2D eigenvalue weighted by Gasteiger charge is -2.35. The number of rotatable bonds is 7. The van der Waals surface area contributed by atoms with E-state index in [1.165, 1.54) is 43.6 Å². The molecule has 0 bridgehead atoms. The minimum atomic E-state index is 0. The van der Waals surface area contributed by atoms with Crippen molar-refractivity contribution >= 4 is 30.5 Å². The molecule has 3 nitrogen and oxygen atoms in total. The number of nitrogens with zero attached hydrogens (tertiary/aromatic N) is 2. The second-order valence-electron chi connectivity index (χ2n) is 6.74. The van der Waals surface area contributed by atoms with Crippen LogP contribution in [0.5, 0.6) is 0 Å². The van der Waals surface area contributed by atoms with Crippen molar-refractivity contribution in [2.24, 2.45) is 5.92 Å². The van der Waals surface area contributed by atoms with Gasteiger partial charge in [-0.3, -0.25) is 4.90 Å². The second kappa shape index (κ2) is 10.5. The van der Waals surface area contributed by atoms with Crippen LogP contribution < -0.4 is 10.2 Å². The van der Waals surface area contributed by atoms with Crippen LogP contribution in [0.2, 0.25) is 0 Å². The minimum Gasteiger partial charge on any atom is -0.372 e. The van der Waals surface area contributed by atoms with Gasteiger partial charge in [0, 0.05) is 51.0 Å². The highest BCUT2D eigenvalue weighted by Crippen LogP contribution is 2.40. The van der Waals surface area contributed by atoms with Crippen LogP contribution in [-0.4, -0.2) is 44.2 Å². The summed E-state index contributed by atoms with van der Waals surface area (Å²) in [7, 11) is 0. The van der Waals surface area contributed by atoms with Crippen molar-refractivity contribution in [1.82, 2.24) is 10.2 Å². The Morgan fingerprint density at radius 3 is 2.12 bits per heavy atom. The maximum Gasteiger partial charge on any atom is 0.0366 e. The number of piperazine rings is 1. The van der Waals surface area contributed by atoms with E-state index in [4.69, 9.17) is 0 Å². The predicted molar refractivity (Wildman–Crippen MR) is 109 cm³/mol. The van der Waals surface area contributed by atoms with E-state index in [-0.39, 0.29) is 24.8 Å². The Labute approximate surface area is 160 Å². The first kappa shape index (κ1) is 21.6. The van der Waals surface area contributed by atoms with E-state index >= 15 is 0 Å². The zero-order chi connectivity index (χ0) is 15.4. The molecule has 1 aromatic carbocycles. The van der Waals surface area contributed by atoms with Crippen LogP contribution in [0.3, 0.4) is 0 Å². The molecule has 0 spiro atoms. The highest BCUT2D eigenvalue weighted by atomic mass is 35.5. The van der Waals surface area contributed by atoms with Gasteiger partial charge in [-0.25, -0.2) is 0 Å². The molecule has 1 aliphatic heterocycles. The van der Waals surface area contributed by atoms with Gasteiger partial charge >= 0.3 is 0 Å². The van der Waals surface area contributed by atoms with Gasteiger partial charge in [-0.1, -0.05) is 25.0 Å². The summed E-state index contributed by atoms with van der Waals surface area (Å²) in [5.41, 5.74) is 2.88. The van der Waals surface area contributed by atoms with Gasteiger partial charge in [0.1, 0.15) is 0 Å². The van der Waals surface area contributed by atoms with Gasteiger partial charge in [-0.2, -0.15) is 0 Å². The van der Waals surface area contributed by atoms with Gasteiger partial charge in [0.2, 0.25) is 0 Å². The Bertz CT molecular complexity index is 452. The SMILES string of the molecule is CCN(CC)c1ccc([C@H](CC2CC2)N2CCNCC2)cc1.Cl.Cl. The standard InChI is InChI=1S/C19H31N3.2ClH/c1-3-21(4-2)18-9-7-17(8-10-18)19(15-16-5-6-16)22-13-11-20-12-14-22;;/h7-10,16,19-20H,3-6,11-15H2,1-2H3;2*1H/t19-;;/m0../s1. The molecule has 1 aromatic rings. The first-order chi connectivity index (χ1) is 10.8. The summed E-state index contributed by atoms with van der Waals surface area (Å²) >= 11 is 0. The number of nitrogens with one attached hydrogen (secondary N) is 1. The lowest BCUT2D eigenvalue weighted by Crippen LogP contribution is -2.45. The maximum atomic E-state index is 3.48. The van der Waals surface area contributed by atoms with Crippen molar-refractivity contribution in [2.45, 2.75) is 39.2 Å². The van der Waals surface area contributed by atoms with Crippen molar-refractivity contribution in [1.29, 1.82) is 0 Å². The van der Waals surface area contributed by atoms with Crippen LogP contribution in [0.1, 0.15) is 44.7 Å². The molecular weight excluding hydrogens is 341 g/mol. The van der Waals surface area contributed by atoms with Crippen molar-refractivity contribution in [3.05, 3.63) is 29.8 Å². The fraction of sp³-hybridized carbons (Fsp3) is 0.684. The minimum absolute atomic E-state index is 0. The summed E-state index contributed by atoms with van der Waals surface area (Å²) in [5, 5.41) is 3.48. The molecule has 138 valence electrons. The smallest absolute Gasteiger partial charge is 0.0366 e. The summed E-state index contributed by atoms with van der Waals surface area (Å²) < 4.78 is 0. The topological polar surface area (TPSA) is 18.5 Å². The first-order valence-corrected chi connectivity index (χ1v) is 9.11. The Hall–Kier alpha value is -0.480. The molecule has 1 saturated heterocycles. The van der Waals surface area contributed by atoms with Crippen LogP contribution in [0.25, 0.3) is 0 Å². The Kier molecular flexibility index (Phi) is 9.43. The van der Waals surface area contributed by atoms with E-state index in [0.29, 0.717) is 6.04 Å². The third kappa shape index (κ3) is 5.52. The average Bonchev–Trinajstić information content (AvgIpc) is 3.40. The highest BCUT2D eigenvalue weighted by Gasteiger charge is 2.30. The zero-order valence-corrected chi connectivity index (χ0v) is 16.7. The average molecular weight is 374 g/mol. The van der Waals surface area contributed by atoms with E-state index in [9.17, 15) is 0 Å². The monoisotopic (exact) mass is 373 g/mol. The fourth-order valence-electron chi connectivity index (χ4n) is 3.66. The van der Waals surface area contributed by atoms with Crippen molar-refractivity contribution in [3.8, 4) is 0 Å². The molecule has 5 heteroatoms. The Morgan fingerprint density at radius 1 is 1.04 bits per heavy atom. The number of hydrogen-bond donors (Lipinski definition) is 1. The molecule has 2 aliphatic rings. The quantitative estimate of drug-likeness (QED) is 0.775. The molecular formula is C19H33Cl2N3. The number of halogens is 2. The number of hydrogen-bond acceptors (Lipinski definition) is 3. The highest BCUT2D eigenvalue weighted by molar-refractivity contribution is 5.85. The van der Waals surface area contributed by atoms with E-state index in [2.05, 4.69) is 53.2 Å². The van der Waals surface area contributed by atoms with Gasteiger partial charge in [0.25, 0.3) is 0 Å². The van der Waals surface area contributed by atoms with Crippen molar-refractivity contribution in [3.63, 3.8) is 0 Å². The van der Waals surface area contributed by atoms with Crippen molar-refractivity contribution < 1.29 is 0 Å². The van der Waals surface area contributed by atoms with Gasteiger partial charge in [0.15, 0.2) is 0 Å². The maximum absolute atomic E-state index is 3.48. The normalized spacial score (nSPS) is 19.1.